The minimum absolute atomic E-state index is 0.249. The first-order valence-corrected chi connectivity index (χ1v) is 4.89. The van der Waals surface area contributed by atoms with Gasteiger partial charge in [0.2, 0.25) is 0 Å². The van der Waals surface area contributed by atoms with Crippen LogP contribution in [0.2, 0.25) is 0 Å². The van der Waals surface area contributed by atoms with Crippen molar-refractivity contribution in [1.29, 1.82) is 0 Å². The molecule has 0 aromatic carbocycles. The van der Waals surface area contributed by atoms with E-state index >= 15 is 0 Å². The summed E-state index contributed by atoms with van der Waals surface area (Å²) in [7, 11) is 0. The predicted octanol–water partition coefficient (Wildman–Crippen LogP) is 3.18. The Morgan fingerprint density at radius 1 is 1.29 bits per heavy atom. The van der Waals surface area contributed by atoms with Crippen molar-refractivity contribution in [3.8, 4) is 0 Å². The summed E-state index contributed by atoms with van der Waals surface area (Å²) in [5.41, 5.74) is 0. The summed E-state index contributed by atoms with van der Waals surface area (Å²) in [6.07, 6.45) is 12.7. The van der Waals surface area contributed by atoms with Gasteiger partial charge in [-0.15, -0.1) is 0 Å². The summed E-state index contributed by atoms with van der Waals surface area (Å²) in [4.78, 5) is 10.6. The lowest BCUT2D eigenvalue weighted by molar-refractivity contribution is -0.141. The average Bonchev–Trinajstić information content (AvgIpc) is 2.16. The van der Waals surface area contributed by atoms with E-state index in [4.69, 9.17) is 5.11 Å². The van der Waals surface area contributed by atoms with Crippen molar-refractivity contribution in [3.05, 3.63) is 36.5 Å². The smallest absolute Gasteiger partial charge is 0.306 e. The Hall–Kier alpha value is -1.31. The summed E-state index contributed by atoms with van der Waals surface area (Å²) in [6.45, 7) is 3.84. The highest BCUT2D eigenvalue weighted by Gasteiger charge is 2.11. The van der Waals surface area contributed by atoms with E-state index in [0.717, 1.165) is 0 Å². The van der Waals surface area contributed by atoms with Crippen LogP contribution < -0.4 is 0 Å². The number of hydrogen-bond donors (Lipinski definition) is 1. The first-order chi connectivity index (χ1) is 6.72. The molecule has 2 nitrogen and oxygen atoms in total. The first-order valence-electron chi connectivity index (χ1n) is 4.89. The van der Waals surface area contributed by atoms with Gasteiger partial charge in [0.1, 0.15) is 0 Å². The summed E-state index contributed by atoms with van der Waals surface area (Å²) < 4.78 is 0. The fourth-order valence-electron chi connectivity index (χ4n) is 1.00. The number of carbonyl (C=O) groups is 1. The number of carboxylic acids is 1. The van der Waals surface area contributed by atoms with E-state index in [1.54, 1.807) is 0 Å². The van der Waals surface area contributed by atoms with Gasteiger partial charge >= 0.3 is 5.97 Å². The number of hydrogen-bond acceptors (Lipinski definition) is 1. The molecule has 0 radical (unpaired) electrons. The second-order valence-corrected chi connectivity index (χ2v) is 3.02. The van der Waals surface area contributed by atoms with Gasteiger partial charge in [0, 0.05) is 0 Å². The van der Waals surface area contributed by atoms with Crippen LogP contribution in [-0.2, 0) is 4.79 Å². The van der Waals surface area contributed by atoms with E-state index in [1.807, 2.05) is 50.3 Å². The Kier molecular flexibility index (Phi) is 7.52. The molecule has 0 amide bonds. The van der Waals surface area contributed by atoms with Crippen molar-refractivity contribution >= 4 is 5.97 Å². The molecule has 2 heteroatoms. The zero-order chi connectivity index (χ0) is 10.8. The van der Waals surface area contributed by atoms with Gasteiger partial charge in [-0.05, 0) is 19.8 Å². The fourth-order valence-corrected chi connectivity index (χ4v) is 1.00. The molecule has 0 aromatic rings. The third kappa shape index (κ3) is 6.23. The van der Waals surface area contributed by atoms with Crippen LogP contribution >= 0.6 is 0 Å². The third-order valence-corrected chi connectivity index (χ3v) is 1.92. The van der Waals surface area contributed by atoms with Crippen LogP contribution in [0.15, 0.2) is 36.5 Å². The van der Waals surface area contributed by atoms with E-state index in [-0.39, 0.29) is 5.92 Å². The zero-order valence-electron chi connectivity index (χ0n) is 8.81. The van der Waals surface area contributed by atoms with E-state index in [1.165, 1.54) is 0 Å². The molecule has 1 N–H and O–H groups in total. The van der Waals surface area contributed by atoms with Crippen LogP contribution in [0, 0.1) is 5.92 Å². The Balaban J connectivity index is 3.85. The van der Waals surface area contributed by atoms with E-state index in [9.17, 15) is 4.79 Å². The fraction of sp³-hybridized carbons (Fsp3) is 0.417. The molecule has 0 spiro atoms. The van der Waals surface area contributed by atoms with Gasteiger partial charge in [0.05, 0.1) is 5.92 Å². The first kappa shape index (κ1) is 12.7. The predicted molar refractivity (Wildman–Crippen MR) is 59.1 cm³/mol. The lowest BCUT2D eigenvalue weighted by Crippen LogP contribution is -2.10. The molecule has 0 fully saturated rings. The van der Waals surface area contributed by atoms with Crippen molar-refractivity contribution in [2.75, 3.05) is 0 Å². The normalized spacial score (nSPS) is 14.4. The summed E-state index contributed by atoms with van der Waals surface area (Å²) in [5.74, 6) is -0.962. The van der Waals surface area contributed by atoms with Crippen molar-refractivity contribution < 1.29 is 9.90 Å². The quantitative estimate of drug-likeness (QED) is 0.659. The van der Waals surface area contributed by atoms with Gasteiger partial charge in [0.15, 0.2) is 0 Å². The van der Waals surface area contributed by atoms with Gasteiger partial charge in [-0.25, -0.2) is 0 Å². The molecule has 1 unspecified atom stereocenters. The molecule has 0 bridgehead atoms. The van der Waals surface area contributed by atoms with Gasteiger partial charge in [-0.3, -0.25) is 4.79 Å². The second-order valence-electron chi connectivity index (χ2n) is 3.02. The molecule has 78 valence electrons. The molecule has 0 rings (SSSR count). The molecule has 0 aliphatic heterocycles. The standard InChI is InChI=1S/C12H18O2/c1-3-5-6-7-8-9-10-11(4-2)12(13)14/h3,5-9,11H,4,10H2,1-2H3,(H,13,14). The van der Waals surface area contributed by atoms with Crippen LogP contribution in [0.1, 0.15) is 26.7 Å². The van der Waals surface area contributed by atoms with Gasteiger partial charge < -0.3 is 5.11 Å². The average molecular weight is 194 g/mol. The van der Waals surface area contributed by atoms with Crippen molar-refractivity contribution in [3.63, 3.8) is 0 Å². The largest absolute Gasteiger partial charge is 0.481 e. The van der Waals surface area contributed by atoms with E-state index < -0.39 is 5.97 Å². The maximum atomic E-state index is 10.6. The highest BCUT2D eigenvalue weighted by atomic mass is 16.4. The Labute approximate surface area is 85.6 Å². The molecule has 0 aliphatic carbocycles. The van der Waals surface area contributed by atoms with Crippen molar-refractivity contribution in [2.45, 2.75) is 26.7 Å². The summed E-state index contributed by atoms with van der Waals surface area (Å²) in [6, 6.07) is 0. The lowest BCUT2D eigenvalue weighted by Gasteiger charge is -2.04. The SMILES string of the molecule is CC=CC=CC=CCC(CC)C(=O)O. The summed E-state index contributed by atoms with van der Waals surface area (Å²) >= 11 is 0. The van der Waals surface area contributed by atoms with Crippen LogP contribution in [0.3, 0.4) is 0 Å². The highest BCUT2D eigenvalue weighted by Crippen LogP contribution is 2.08. The maximum absolute atomic E-state index is 10.6. The number of carboxylic acid groups (broad SMARTS) is 1. The van der Waals surface area contributed by atoms with Crippen LogP contribution in [-0.4, -0.2) is 11.1 Å². The number of aliphatic carboxylic acids is 1. The topological polar surface area (TPSA) is 37.3 Å². The lowest BCUT2D eigenvalue weighted by atomic mass is 10.0. The second kappa shape index (κ2) is 8.30. The van der Waals surface area contributed by atoms with Crippen LogP contribution in [0.5, 0.6) is 0 Å². The minimum atomic E-state index is -0.713. The number of rotatable bonds is 6. The molecule has 14 heavy (non-hydrogen) atoms. The Morgan fingerprint density at radius 2 is 1.93 bits per heavy atom. The van der Waals surface area contributed by atoms with E-state index in [2.05, 4.69) is 0 Å². The van der Waals surface area contributed by atoms with Crippen LogP contribution in [0.4, 0.5) is 0 Å². The molecule has 0 aromatic heterocycles. The van der Waals surface area contributed by atoms with Gasteiger partial charge in [-0.1, -0.05) is 43.4 Å². The van der Waals surface area contributed by atoms with Crippen LogP contribution in [0.25, 0.3) is 0 Å². The number of allylic oxidation sites excluding steroid dienone is 6. The minimum Gasteiger partial charge on any atom is -0.481 e. The highest BCUT2D eigenvalue weighted by molar-refractivity contribution is 5.70. The molecule has 0 saturated heterocycles. The van der Waals surface area contributed by atoms with Crippen molar-refractivity contribution in [2.24, 2.45) is 5.92 Å². The van der Waals surface area contributed by atoms with E-state index in [0.29, 0.717) is 12.8 Å². The molecule has 1 atom stereocenters. The monoisotopic (exact) mass is 194 g/mol. The van der Waals surface area contributed by atoms with Gasteiger partial charge in [-0.2, -0.15) is 0 Å². The molecular formula is C12H18O2. The zero-order valence-corrected chi connectivity index (χ0v) is 8.81. The van der Waals surface area contributed by atoms with Gasteiger partial charge in [0.25, 0.3) is 0 Å². The van der Waals surface area contributed by atoms with Crippen molar-refractivity contribution in [1.82, 2.24) is 0 Å². The maximum Gasteiger partial charge on any atom is 0.306 e. The molecule has 0 heterocycles. The Morgan fingerprint density at radius 3 is 2.43 bits per heavy atom. The Bertz CT molecular complexity index is 237. The molecular weight excluding hydrogens is 176 g/mol. The molecule has 0 saturated carbocycles. The third-order valence-electron chi connectivity index (χ3n) is 1.92. The molecule has 0 aliphatic rings. The summed E-state index contributed by atoms with van der Waals surface area (Å²) in [5, 5.41) is 8.75.